The van der Waals surface area contributed by atoms with E-state index in [0.717, 1.165) is 5.56 Å². The van der Waals surface area contributed by atoms with Gasteiger partial charge in [0.1, 0.15) is 0 Å². The molecule has 0 saturated carbocycles. The van der Waals surface area contributed by atoms with Crippen LogP contribution >= 0.6 is 0 Å². The predicted octanol–water partition coefficient (Wildman–Crippen LogP) is 3.04. The maximum atomic E-state index is 8.88. The maximum absolute atomic E-state index is 8.88. The summed E-state index contributed by atoms with van der Waals surface area (Å²) in [6.45, 7) is 2.21. The van der Waals surface area contributed by atoms with E-state index < -0.39 is 0 Å². The van der Waals surface area contributed by atoms with Crippen molar-refractivity contribution in [3.8, 4) is 11.1 Å². The second-order valence-corrected chi connectivity index (χ2v) is 4.61. The van der Waals surface area contributed by atoms with Gasteiger partial charge in [-0.2, -0.15) is 0 Å². The molecule has 94 valence electrons. The van der Waals surface area contributed by atoms with Crippen LogP contribution in [-0.4, -0.2) is 11.7 Å². The molecule has 2 heteroatoms. The van der Waals surface area contributed by atoms with E-state index in [-0.39, 0.29) is 12.6 Å². The molecule has 0 saturated heterocycles. The Morgan fingerprint density at radius 3 is 1.94 bits per heavy atom. The van der Waals surface area contributed by atoms with Crippen molar-refractivity contribution in [3.05, 3.63) is 59.7 Å². The van der Waals surface area contributed by atoms with Gasteiger partial charge in [0.25, 0.3) is 0 Å². The first-order valence-electron chi connectivity index (χ1n) is 6.24. The monoisotopic (exact) mass is 241 g/mol. The molecule has 0 aliphatic heterocycles. The summed E-state index contributed by atoms with van der Waals surface area (Å²) in [5.74, 6) is 0. The molecule has 2 aromatic rings. The van der Waals surface area contributed by atoms with Crippen LogP contribution in [0.3, 0.4) is 0 Å². The highest BCUT2D eigenvalue weighted by atomic mass is 16.3. The predicted molar refractivity (Wildman–Crippen MR) is 75.2 cm³/mol. The van der Waals surface area contributed by atoms with Gasteiger partial charge in [0.2, 0.25) is 0 Å². The Kier molecular flexibility index (Phi) is 4.13. The number of aryl methyl sites for hydroxylation is 1. The average Bonchev–Trinajstić information content (AvgIpc) is 2.40. The number of aliphatic hydroxyl groups excluding tert-OH is 1. The maximum Gasteiger partial charge on any atom is 0.0449 e. The Hall–Kier alpha value is -1.64. The van der Waals surface area contributed by atoms with Gasteiger partial charge in [-0.3, -0.25) is 0 Å². The van der Waals surface area contributed by atoms with Crippen molar-refractivity contribution in [2.24, 2.45) is 5.73 Å². The van der Waals surface area contributed by atoms with Crippen LogP contribution in [0.1, 0.15) is 23.6 Å². The molecule has 3 N–H and O–H groups in total. The zero-order valence-electron chi connectivity index (χ0n) is 10.6. The molecule has 0 amide bonds. The van der Waals surface area contributed by atoms with E-state index in [0.29, 0.717) is 6.42 Å². The Balaban J connectivity index is 2.19. The molecule has 2 aromatic carbocycles. The summed E-state index contributed by atoms with van der Waals surface area (Å²) in [7, 11) is 0. The standard InChI is InChI=1S/C16H19NO/c1-12-2-4-13(5-3-12)14-6-8-15(9-7-14)16(17)10-11-18/h2-9,16,18H,10-11,17H2,1H3. The number of rotatable bonds is 4. The molecule has 1 atom stereocenters. The van der Waals surface area contributed by atoms with Crippen LogP contribution in [0.4, 0.5) is 0 Å². The van der Waals surface area contributed by atoms with Crippen LogP contribution in [0, 0.1) is 6.92 Å². The highest BCUT2D eigenvalue weighted by Crippen LogP contribution is 2.22. The van der Waals surface area contributed by atoms with Crippen molar-refractivity contribution in [2.75, 3.05) is 6.61 Å². The molecule has 1 unspecified atom stereocenters. The number of hydrogen-bond donors (Lipinski definition) is 2. The second kappa shape index (κ2) is 5.80. The lowest BCUT2D eigenvalue weighted by molar-refractivity contribution is 0.276. The van der Waals surface area contributed by atoms with Crippen LogP contribution in [0.15, 0.2) is 48.5 Å². The summed E-state index contributed by atoms with van der Waals surface area (Å²) in [4.78, 5) is 0. The molecule has 0 heterocycles. The molecule has 0 aromatic heterocycles. The largest absolute Gasteiger partial charge is 0.396 e. The van der Waals surface area contributed by atoms with Gasteiger partial charge in [-0.05, 0) is 30.0 Å². The van der Waals surface area contributed by atoms with Crippen molar-refractivity contribution in [2.45, 2.75) is 19.4 Å². The summed E-state index contributed by atoms with van der Waals surface area (Å²) in [5.41, 5.74) is 10.7. The van der Waals surface area contributed by atoms with Gasteiger partial charge in [-0.25, -0.2) is 0 Å². The summed E-state index contributed by atoms with van der Waals surface area (Å²) >= 11 is 0. The Morgan fingerprint density at radius 2 is 1.44 bits per heavy atom. The molecule has 18 heavy (non-hydrogen) atoms. The van der Waals surface area contributed by atoms with Crippen molar-refractivity contribution < 1.29 is 5.11 Å². The highest BCUT2D eigenvalue weighted by Gasteiger charge is 2.05. The molecule has 2 rings (SSSR count). The van der Waals surface area contributed by atoms with Gasteiger partial charge in [-0.1, -0.05) is 54.1 Å². The van der Waals surface area contributed by atoms with Crippen molar-refractivity contribution in [1.29, 1.82) is 0 Å². The van der Waals surface area contributed by atoms with Crippen molar-refractivity contribution in [1.82, 2.24) is 0 Å². The summed E-state index contributed by atoms with van der Waals surface area (Å²) in [6.07, 6.45) is 0.601. The first-order chi connectivity index (χ1) is 8.70. The second-order valence-electron chi connectivity index (χ2n) is 4.61. The first kappa shape index (κ1) is 12.8. The van der Waals surface area contributed by atoms with Gasteiger partial charge in [0, 0.05) is 12.6 Å². The van der Waals surface area contributed by atoms with E-state index in [1.165, 1.54) is 16.7 Å². The minimum atomic E-state index is -0.0814. The van der Waals surface area contributed by atoms with Crippen molar-refractivity contribution in [3.63, 3.8) is 0 Å². The Morgan fingerprint density at radius 1 is 0.944 bits per heavy atom. The minimum absolute atomic E-state index is 0.0814. The van der Waals surface area contributed by atoms with E-state index in [1.54, 1.807) is 0 Å². The van der Waals surface area contributed by atoms with Gasteiger partial charge in [-0.15, -0.1) is 0 Å². The van der Waals surface area contributed by atoms with Crippen LogP contribution in [0.5, 0.6) is 0 Å². The zero-order valence-corrected chi connectivity index (χ0v) is 10.6. The first-order valence-corrected chi connectivity index (χ1v) is 6.24. The fourth-order valence-corrected chi connectivity index (χ4v) is 1.97. The molecule has 2 nitrogen and oxygen atoms in total. The third-order valence-electron chi connectivity index (χ3n) is 3.16. The lowest BCUT2D eigenvalue weighted by atomic mass is 9.99. The van der Waals surface area contributed by atoms with Crippen LogP contribution in [0.25, 0.3) is 11.1 Å². The lowest BCUT2D eigenvalue weighted by Crippen LogP contribution is -2.11. The summed E-state index contributed by atoms with van der Waals surface area (Å²) < 4.78 is 0. The van der Waals surface area contributed by atoms with E-state index in [4.69, 9.17) is 10.8 Å². The number of nitrogens with two attached hydrogens (primary N) is 1. The lowest BCUT2D eigenvalue weighted by Gasteiger charge is -2.11. The molecular weight excluding hydrogens is 222 g/mol. The summed E-state index contributed by atoms with van der Waals surface area (Å²) in [6, 6.07) is 16.6. The molecule has 0 radical (unpaired) electrons. The third-order valence-corrected chi connectivity index (χ3v) is 3.16. The molecule has 0 fully saturated rings. The normalized spacial score (nSPS) is 12.4. The third kappa shape index (κ3) is 2.97. The van der Waals surface area contributed by atoms with Gasteiger partial charge in [0.05, 0.1) is 0 Å². The molecule has 0 aliphatic carbocycles. The smallest absolute Gasteiger partial charge is 0.0449 e. The van der Waals surface area contributed by atoms with E-state index in [2.05, 4.69) is 43.3 Å². The Labute approximate surface area is 108 Å². The zero-order chi connectivity index (χ0) is 13.0. The fraction of sp³-hybridized carbons (Fsp3) is 0.250. The van der Waals surface area contributed by atoms with Crippen LogP contribution in [-0.2, 0) is 0 Å². The number of hydrogen-bond acceptors (Lipinski definition) is 2. The van der Waals surface area contributed by atoms with E-state index >= 15 is 0 Å². The van der Waals surface area contributed by atoms with Crippen LogP contribution in [0.2, 0.25) is 0 Å². The van der Waals surface area contributed by atoms with Crippen molar-refractivity contribution >= 4 is 0 Å². The Bertz CT molecular complexity index is 488. The summed E-state index contributed by atoms with van der Waals surface area (Å²) in [5, 5.41) is 8.88. The van der Waals surface area contributed by atoms with E-state index in [1.807, 2.05) is 12.1 Å². The molecular formula is C16H19NO. The van der Waals surface area contributed by atoms with Gasteiger partial charge in [0.15, 0.2) is 0 Å². The average molecular weight is 241 g/mol. The quantitative estimate of drug-likeness (QED) is 0.864. The van der Waals surface area contributed by atoms with Gasteiger partial charge >= 0.3 is 0 Å². The topological polar surface area (TPSA) is 46.2 Å². The molecule has 0 aliphatic rings. The SMILES string of the molecule is Cc1ccc(-c2ccc(C(N)CCO)cc2)cc1. The number of benzene rings is 2. The van der Waals surface area contributed by atoms with Gasteiger partial charge < -0.3 is 10.8 Å². The number of aliphatic hydroxyl groups is 1. The molecule has 0 spiro atoms. The van der Waals surface area contributed by atoms with Crippen LogP contribution < -0.4 is 5.73 Å². The fourth-order valence-electron chi connectivity index (χ4n) is 1.97. The highest BCUT2D eigenvalue weighted by molar-refractivity contribution is 5.64. The molecule has 0 bridgehead atoms. The van der Waals surface area contributed by atoms with E-state index in [9.17, 15) is 0 Å². The minimum Gasteiger partial charge on any atom is -0.396 e.